The topological polar surface area (TPSA) is 122 Å². The maximum atomic E-state index is 12.5. The van der Waals surface area contributed by atoms with Crippen molar-refractivity contribution in [3.8, 4) is 0 Å². The fourth-order valence-electron chi connectivity index (χ4n) is 9.63. The SMILES string of the molecule is CCC(C)(C)C(=O)OCCNC(=O)O[C@@H]1CCC2(C)C(CCC3C2C[C@H](O)C2(C)C(C(C)CCC(=O)O)CCC32)C1. The Morgan fingerprint density at radius 1 is 1.05 bits per heavy atom. The number of amides is 1. The predicted molar refractivity (Wildman–Crippen MR) is 156 cm³/mol. The van der Waals surface area contributed by atoms with Gasteiger partial charge in [0.2, 0.25) is 0 Å². The first kappa shape index (κ1) is 32.1. The quantitative estimate of drug-likeness (QED) is 0.209. The number of nitrogens with one attached hydrogen (secondary N) is 1. The van der Waals surface area contributed by atoms with Crippen molar-refractivity contribution >= 4 is 18.0 Å². The highest BCUT2D eigenvalue weighted by Gasteiger charge is 2.63. The van der Waals surface area contributed by atoms with Crippen LogP contribution >= 0.6 is 0 Å². The fourth-order valence-corrected chi connectivity index (χ4v) is 9.63. The number of carboxylic acids is 1. The van der Waals surface area contributed by atoms with Crippen molar-refractivity contribution in [2.45, 2.75) is 124 Å². The lowest BCUT2D eigenvalue weighted by Crippen LogP contribution is -2.59. The minimum Gasteiger partial charge on any atom is -0.481 e. The number of hydrogen-bond acceptors (Lipinski definition) is 6. The van der Waals surface area contributed by atoms with Gasteiger partial charge < -0.3 is 25.0 Å². The van der Waals surface area contributed by atoms with E-state index in [1.165, 1.54) is 0 Å². The molecule has 0 heterocycles. The molecular weight excluding hydrogens is 522 g/mol. The van der Waals surface area contributed by atoms with Crippen LogP contribution in [-0.4, -0.2) is 53.6 Å². The molecule has 0 aliphatic heterocycles. The molecule has 3 N–H and O–H groups in total. The lowest BCUT2D eigenvalue weighted by atomic mass is 9.43. The van der Waals surface area contributed by atoms with Gasteiger partial charge in [0.05, 0.1) is 18.1 Å². The second-order valence-corrected chi connectivity index (χ2v) is 15.0. The van der Waals surface area contributed by atoms with Gasteiger partial charge >= 0.3 is 18.0 Å². The van der Waals surface area contributed by atoms with Gasteiger partial charge in [-0.3, -0.25) is 9.59 Å². The number of aliphatic hydroxyl groups is 1. The maximum Gasteiger partial charge on any atom is 0.407 e. The molecule has 0 aromatic rings. The predicted octanol–water partition coefficient (Wildman–Crippen LogP) is 6.19. The number of fused-ring (bicyclic) bond motifs is 5. The van der Waals surface area contributed by atoms with Crippen molar-refractivity contribution in [3.63, 3.8) is 0 Å². The number of esters is 1. The third kappa shape index (κ3) is 6.28. The molecule has 0 aromatic heterocycles. The van der Waals surface area contributed by atoms with Gasteiger partial charge in [-0.25, -0.2) is 4.79 Å². The second kappa shape index (κ2) is 12.4. The van der Waals surface area contributed by atoms with E-state index in [2.05, 4.69) is 26.1 Å². The van der Waals surface area contributed by atoms with Gasteiger partial charge in [-0.05, 0) is 124 Å². The smallest absolute Gasteiger partial charge is 0.407 e. The lowest BCUT2D eigenvalue weighted by Gasteiger charge is -2.62. The largest absolute Gasteiger partial charge is 0.481 e. The zero-order valence-corrected chi connectivity index (χ0v) is 26.2. The fraction of sp³-hybridized carbons (Fsp3) is 0.909. The zero-order valence-electron chi connectivity index (χ0n) is 26.2. The Hall–Kier alpha value is -1.83. The molecule has 4 fully saturated rings. The van der Waals surface area contributed by atoms with Crippen molar-refractivity contribution in [2.75, 3.05) is 13.2 Å². The molecule has 41 heavy (non-hydrogen) atoms. The number of rotatable bonds is 10. The summed E-state index contributed by atoms with van der Waals surface area (Å²) in [6, 6.07) is 0. The van der Waals surface area contributed by atoms with E-state index in [9.17, 15) is 24.6 Å². The average Bonchev–Trinajstić information content (AvgIpc) is 3.29. The lowest BCUT2D eigenvalue weighted by molar-refractivity contribution is -0.175. The second-order valence-electron chi connectivity index (χ2n) is 15.0. The molecule has 0 radical (unpaired) electrons. The third-order valence-corrected chi connectivity index (χ3v) is 12.6. The molecule has 0 spiro atoms. The Kier molecular flexibility index (Phi) is 9.72. The van der Waals surface area contributed by atoms with Crippen LogP contribution in [0.5, 0.6) is 0 Å². The van der Waals surface area contributed by atoms with Crippen molar-refractivity contribution in [3.05, 3.63) is 0 Å². The molecule has 0 bridgehead atoms. The van der Waals surface area contributed by atoms with Crippen LogP contribution in [-0.2, 0) is 19.1 Å². The van der Waals surface area contributed by atoms with Crippen LogP contribution in [0, 0.1) is 51.8 Å². The average molecular weight is 578 g/mol. The minimum atomic E-state index is -0.735. The maximum absolute atomic E-state index is 12.5. The molecular formula is C33H55NO7. The standard InChI is InChI=1S/C33H55NO7/c1-7-31(3,4)29(38)40-17-16-34-30(39)41-22-14-15-32(5)21(18-22)9-10-23-25-12-11-24(20(2)8-13-28(36)37)33(25,6)27(35)19-26(23)32/h20-27,35H,7-19H2,1-6H3,(H,34,39)(H,36,37)/t20?,21?,22-,23?,24?,25?,26?,27+,32?,33?/m1/s1. The normalized spacial score (nSPS) is 39.0. The van der Waals surface area contributed by atoms with Crippen LogP contribution in [0.25, 0.3) is 0 Å². The molecule has 10 atom stereocenters. The summed E-state index contributed by atoms with van der Waals surface area (Å²) in [6.07, 6.45) is 8.67. The van der Waals surface area contributed by atoms with Crippen LogP contribution in [0.4, 0.5) is 4.79 Å². The molecule has 234 valence electrons. The molecule has 4 aliphatic carbocycles. The number of carboxylic acid groups (broad SMARTS) is 1. The van der Waals surface area contributed by atoms with Gasteiger partial charge in [-0.2, -0.15) is 0 Å². The van der Waals surface area contributed by atoms with E-state index in [4.69, 9.17) is 9.47 Å². The Morgan fingerprint density at radius 2 is 1.78 bits per heavy atom. The van der Waals surface area contributed by atoms with Gasteiger partial charge in [-0.15, -0.1) is 0 Å². The van der Waals surface area contributed by atoms with Crippen LogP contribution in [0.1, 0.15) is 112 Å². The van der Waals surface area contributed by atoms with E-state index in [-0.39, 0.29) is 48.6 Å². The van der Waals surface area contributed by atoms with Crippen molar-refractivity contribution < 1.29 is 34.1 Å². The number of ether oxygens (including phenoxy) is 2. The third-order valence-electron chi connectivity index (χ3n) is 12.6. The highest BCUT2D eigenvalue weighted by atomic mass is 16.6. The minimum absolute atomic E-state index is 0.115. The van der Waals surface area contributed by atoms with Crippen LogP contribution in [0.2, 0.25) is 0 Å². The van der Waals surface area contributed by atoms with E-state index < -0.39 is 17.5 Å². The number of carbonyl (C=O) groups excluding carboxylic acids is 2. The van der Waals surface area contributed by atoms with Crippen LogP contribution < -0.4 is 5.32 Å². The van der Waals surface area contributed by atoms with E-state index in [1.807, 2.05) is 20.8 Å². The first-order valence-electron chi connectivity index (χ1n) is 16.3. The highest BCUT2D eigenvalue weighted by molar-refractivity contribution is 5.75. The molecule has 8 heteroatoms. The number of hydrogen-bond donors (Lipinski definition) is 3. The Morgan fingerprint density at radius 3 is 2.46 bits per heavy atom. The number of aliphatic carboxylic acids is 1. The molecule has 8 nitrogen and oxygen atoms in total. The Balaban J connectivity index is 1.31. The summed E-state index contributed by atoms with van der Waals surface area (Å²) in [7, 11) is 0. The highest BCUT2D eigenvalue weighted by Crippen LogP contribution is 2.68. The summed E-state index contributed by atoms with van der Waals surface area (Å²) in [5, 5.41) is 23.7. The van der Waals surface area contributed by atoms with Crippen molar-refractivity contribution in [1.82, 2.24) is 5.32 Å². The van der Waals surface area contributed by atoms with Crippen molar-refractivity contribution in [2.24, 2.45) is 51.8 Å². The first-order valence-corrected chi connectivity index (χ1v) is 16.3. The number of aliphatic hydroxyl groups excluding tert-OH is 1. The van der Waals surface area contributed by atoms with Gasteiger partial charge in [-0.1, -0.05) is 27.7 Å². The first-order chi connectivity index (χ1) is 19.2. The van der Waals surface area contributed by atoms with Crippen molar-refractivity contribution in [1.29, 1.82) is 0 Å². The van der Waals surface area contributed by atoms with Gasteiger partial charge in [0.15, 0.2) is 0 Å². The molecule has 4 rings (SSSR count). The molecule has 1 amide bonds. The Bertz CT molecular complexity index is 967. The van der Waals surface area contributed by atoms with E-state index in [0.717, 1.165) is 51.4 Å². The summed E-state index contributed by atoms with van der Waals surface area (Å²) in [4.78, 5) is 35.8. The zero-order chi connectivity index (χ0) is 30.2. The van der Waals surface area contributed by atoms with E-state index in [1.54, 1.807) is 0 Å². The summed E-state index contributed by atoms with van der Waals surface area (Å²) in [6.45, 7) is 12.9. The van der Waals surface area contributed by atoms with E-state index >= 15 is 0 Å². The molecule has 0 saturated heterocycles. The molecule has 0 aromatic carbocycles. The summed E-state index contributed by atoms with van der Waals surface area (Å²) in [5.41, 5.74) is -0.530. The van der Waals surface area contributed by atoms with Crippen LogP contribution in [0.3, 0.4) is 0 Å². The number of carbonyl (C=O) groups is 3. The molecule has 4 aliphatic rings. The summed E-state index contributed by atoms with van der Waals surface area (Å²) >= 11 is 0. The monoisotopic (exact) mass is 577 g/mol. The summed E-state index contributed by atoms with van der Waals surface area (Å²) < 4.78 is 11.1. The summed E-state index contributed by atoms with van der Waals surface area (Å²) in [5.74, 6) is 1.71. The van der Waals surface area contributed by atoms with Gasteiger partial charge in [0.1, 0.15) is 12.7 Å². The van der Waals surface area contributed by atoms with E-state index in [0.29, 0.717) is 48.3 Å². The molecule has 4 saturated carbocycles. The number of alkyl carbamates (subject to hydrolysis) is 1. The van der Waals surface area contributed by atoms with Crippen LogP contribution in [0.15, 0.2) is 0 Å². The van der Waals surface area contributed by atoms with Gasteiger partial charge in [0.25, 0.3) is 0 Å². The van der Waals surface area contributed by atoms with Gasteiger partial charge in [0, 0.05) is 6.42 Å². The molecule has 8 unspecified atom stereocenters. The Labute approximate surface area is 246 Å².